The average molecular weight is 952 g/mol. The Morgan fingerprint density at radius 2 is 1.88 bits per heavy atom. The number of nitrogens with one attached hydrogen (secondary N) is 2. The highest BCUT2D eigenvalue weighted by Gasteiger charge is 2.53. The molecule has 1 saturated carbocycles. The van der Waals surface area contributed by atoms with Crippen LogP contribution in [0.25, 0.3) is 33.4 Å². The molecule has 2 N–H and O–H groups in total. The van der Waals surface area contributed by atoms with Gasteiger partial charge in [-0.1, -0.05) is 40.3 Å². The minimum Gasteiger partial charge on any atom is -0.464 e. The van der Waals surface area contributed by atoms with E-state index in [0.717, 1.165) is 44.7 Å². The molecule has 16 nitrogen and oxygen atoms in total. The largest absolute Gasteiger partial charge is 0.464 e. The number of piperazine rings is 1. The molecule has 0 radical (unpaired) electrons. The van der Waals surface area contributed by atoms with Crippen LogP contribution < -0.4 is 10.7 Å². The maximum absolute atomic E-state index is 14.8. The van der Waals surface area contributed by atoms with Crippen LogP contribution in [0.4, 0.5) is 4.79 Å². The van der Waals surface area contributed by atoms with Crippen molar-refractivity contribution in [2.45, 2.75) is 116 Å². The lowest BCUT2D eigenvalue weighted by Crippen LogP contribution is -2.68. The summed E-state index contributed by atoms with van der Waals surface area (Å²) in [5, 5.41) is 7.12. The standard InChI is InChI=1S/C49H65N9O7SSi/c1-10-40(59)56-20-21-57(38-24-37(38)56)47(63)54(8)42(28(3)4)44(60)52-34-23-39-51-35(26-66-39)30-15-16-36-32(22-30)33(43(55(36)11-2)31-14-12-18-50-41(31)29(5)64-9)25-48(6,7)27-65-46(62)49(67)17-13-19-58(53-49)45(34)61/h10,12,14-16,18,22,26,28-29,34,37-38,42,53H,1,11,13,17,19-21,23-25,27H2,2-9,67H3,(H,52,60)/t29-,34-,37?,38+,42-,49-/m0/s1. The molecule has 5 amide bonds. The van der Waals surface area contributed by atoms with Gasteiger partial charge in [-0.2, -0.15) is 0 Å². The van der Waals surface area contributed by atoms with Gasteiger partial charge in [0.05, 0.1) is 46.9 Å². The third-order valence-corrected chi connectivity index (χ3v) is 16.0. The molecule has 1 unspecified atom stereocenters. The summed E-state index contributed by atoms with van der Waals surface area (Å²) in [6.45, 7) is 17.6. The minimum atomic E-state index is -1.09. The number of hydrogen-bond donors (Lipinski definition) is 2. The Morgan fingerprint density at radius 1 is 1.13 bits per heavy atom. The molecule has 6 atom stereocenters. The van der Waals surface area contributed by atoms with Crippen molar-refractivity contribution in [2.24, 2.45) is 11.3 Å². The Bertz CT molecular complexity index is 2590. The van der Waals surface area contributed by atoms with Crippen molar-refractivity contribution in [1.29, 1.82) is 0 Å². The van der Waals surface area contributed by atoms with Crippen molar-refractivity contribution >= 4 is 62.2 Å². The van der Waals surface area contributed by atoms with Gasteiger partial charge >= 0.3 is 12.0 Å². The molecule has 6 bridgehead atoms. The summed E-state index contributed by atoms with van der Waals surface area (Å²) in [7, 11) is 3.65. The predicted octanol–water partition coefficient (Wildman–Crippen LogP) is 4.44. The van der Waals surface area contributed by atoms with E-state index in [4.69, 9.17) is 19.4 Å². The van der Waals surface area contributed by atoms with E-state index in [1.807, 2.05) is 32.2 Å². The zero-order valence-corrected chi connectivity index (χ0v) is 43.1. The van der Waals surface area contributed by atoms with E-state index in [1.54, 1.807) is 30.2 Å². The van der Waals surface area contributed by atoms with Gasteiger partial charge in [-0.25, -0.2) is 15.2 Å². The fourth-order valence-corrected chi connectivity index (χ4v) is 12.0. The molecule has 3 aromatic heterocycles. The third kappa shape index (κ3) is 9.29. The van der Waals surface area contributed by atoms with Crippen LogP contribution in [-0.4, -0.2) is 144 Å². The molecule has 3 fully saturated rings. The van der Waals surface area contributed by atoms with Gasteiger partial charge in [-0.3, -0.25) is 29.2 Å². The number of pyridine rings is 1. The quantitative estimate of drug-likeness (QED) is 0.139. The number of urea groups is 1. The van der Waals surface area contributed by atoms with Gasteiger partial charge in [0.15, 0.2) is 0 Å². The summed E-state index contributed by atoms with van der Waals surface area (Å²) < 4.78 is 14.4. The summed E-state index contributed by atoms with van der Waals surface area (Å²) in [6.07, 6.45) is 5.21. The highest BCUT2D eigenvalue weighted by molar-refractivity contribution is 7.10. The minimum absolute atomic E-state index is 0.0746. The summed E-state index contributed by atoms with van der Waals surface area (Å²) in [4.78, 5) is 85.1. The Hall–Kier alpha value is -5.43. The SMILES string of the molecule is C=CC(=O)N1CCN(C(=O)N(C)[C@H](C(=O)N[C@H]2Cc3nc(cs3)-c3ccc4c(c3)c(c(-c3cccnc3[C@H](C)OC)n4CC)CC(C)(C)COC(=O)[C@@]3([SiH3])CCCN(N3)C2=O)C(C)C)[C@@H]2CC21. The summed E-state index contributed by atoms with van der Waals surface area (Å²) in [6, 6.07) is 7.92. The van der Waals surface area contributed by atoms with Crippen molar-refractivity contribution in [3.63, 3.8) is 0 Å². The van der Waals surface area contributed by atoms with Gasteiger partial charge in [0.2, 0.25) is 11.8 Å². The van der Waals surface area contributed by atoms with E-state index < -0.39 is 40.4 Å². The lowest BCUT2D eigenvalue weighted by atomic mass is 9.84. The number of aryl methyl sites for hydroxylation is 1. The van der Waals surface area contributed by atoms with Gasteiger partial charge in [0.1, 0.15) is 17.2 Å². The van der Waals surface area contributed by atoms with Crippen molar-refractivity contribution in [2.75, 3.05) is 40.4 Å². The zero-order chi connectivity index (χ0) is 48.1. The van der Waals surface area contributed by atoms with Crippen LogP contribution in [-0.2, 0) is 48.0 Å². The normalized spacial score (nSPS) is 23.8. The second kappa shape index (κ2) is 18.9. The third-order valence-electron chi connectivity index (χ3n) is 14.0. The van der Waals surface area contributed by atoms with E-state index in [0.29, 0.717) is 67.1 Å². The number of likely N-dealkylation sites (N-methyl/N-ethyl adjacent to an activating group) is 1. The van der Waals surface area contributed by atoms with Crippen LogP contribution in [0.3, 0.4) is 0 Å². The van der Waals surface area contributed by atoms with Crippen molar-refractivity contribution in [3.8, 4) is 22.5 Å². The second-order valence-corrected chi connectivity index (χ2v) is 22.5. The van der Waals surface area contributed by atoms with Crippen molar-refractivity contribution in [1.82, 2.24) is 45.0 Å². The summed E-state index contributed by atoms with van der Waals surface area (Å²) in [5.74, 6) is -1.76. The molecule has 3 aliphatic heterocycles. The molecule has 1 aliphatic carbocycles. The van der Waals surface area contributed by atoms with Crippen molar-refractivity contribution in [3.05, 3.63) is 70.8 Å². The Morgan fingerprint density at radius 3 is 2.60 bits per heavy atom. The van der Waals surface area contributed by atoms with Crippen LogP contribution in [0.15, 0.2) is 54.6 Å². The number of carbonyl (C=O) groups is 5. The number of thiazole rings is 1. The first-order chi connectivity index (χ1) is 31.9. The maximum Gasteiger partial charge on any atom is 0.323 e. The number of cyclic esters (lactones) is 1. The molecule has 67 heavy (non-hydrogen) atoms. The molecule has 4 aromatic rings. The first-order valence-electron chi connectivity index (χ1n) is 23.5. The second-order valence-electron chi connectivity index (χ2n) is 19.8. The molecule has 18 heteroatoms. The molecule has 0 spiro atoms. The number of benzene rings is 1. The molecule has 1 aromatic carbocycles. The highest BCUT2D eigenvalue weighted by atomic mass is 32.1. The summed E-state index contributed by atoms with van der Waals surface area (Å²) in [5.41, 5.74) is 9.43. The fourth-order valence-electron chi connectivity index (χ4n) is 10.3. The molecule has 8 rings (SSSR count). The molecule has 2 saturated heterocycles. The number of carbonyl (C=O) groups excluding carboxylic acids is 5. The maximum atomic E-state index is 14.8. The highest BCUT2D eigenvalue weighted by Crippen LogP contribution is 2.42. The fraction of sp³-hybridized carbons (Fsp3) is 0.531. The van der Waals surface area contributed by atoms with Crippen LogP contribution in [0.1, 0.15) is 83.2 Å². The van der Waals surface area contributed by atoms with E-state index in [2.05, 4.69) is 66.9 Å². The summed E-state index contributed by atoms with van der Waals surface area (Å²) >= 11 is 1.42. The molecular weight excluding hydrogens is 887 g/mol. The molecule has 358 valence electrons. The van der Waals surface area contributed by atoms with E-state index in [-0.39, 0.29) is 49.1 Å². The lowest BCUT2D eigenvalue weighted by Gasteiger charge is -2.42. The lowest BCUT2D eigenvalue weighted by molar-refractivity contribution is -0.158. The van der Waals surface area contributed by atoms with Gasteiger partial charge < -0.3 is 34.1 Å². The number of amides is 5. The van der Waals surface area contributed by atoms with Crippen molar-refractivity contribution < 1.29 is 33.4 Å². The Labute approximate surface area is 399 Å². The first kappa shape index (κ1) is 48.0. The number of hydrogen-bond acceptors (Lipinski definition) is 11. The number of rotatable bonds is 9. The van der Waals surface area contributed by atoms with Gasteiger partial charge in [0, 0.05) is 96.0 Å². The van der Waals surface area contributed by atoms with Crippen LogP contribution >= 0.6 is 11.3 Å². The van der Waals surface area contributed by atoms with E-state index in [9.17, 15) is 24.0 Å². The first-order valence-corrected chi connectivity index (χ1v) is 25.4. The average Bonchev–Trinajstić information content (AvgIpc) is 3.89. The molecule has 6 heterocycles. The number of methoxy groups -OCH3 is 1. The number of nitrogens with zero attached hydrogens (tertiary/aromatic N) is 7. The van der Waals surface area contributed by atoms with Gasteiger partial charge in [-0.05, 0) is 81.4 Å². The van der Waals surface area contributed by atoms with E-state index in [1.165, 1.54) is 27.3 Å². The smallest absolute Gasteiger partial charge is 0.323 e. The number of ether oxygens (including phenoxy) is 2. The monoisotopic (exact) mass is 951 g/mol. The topological polar surface area (TPSA) is 172 Å². The number of fused-ring (bicyclic) bond motifs is 7. The Kier molecular flexibility index (Phi) is 13.6. The number of hydrazine groups is 1. The van der Waals surface area contributed by atoms with E-state index >= 15 is 0 Å². The Balaban J connectivity index is 1.16. The van der Waals surface area contributed by atoms with Crippen LogP contribution in [0.2, 0.25) is 0 Å². The molecular formula is C49H65N9O7SSi. The van der Waals surface area contributed by atoms with Gasteiger partial charge in [0.25, 0.3) is 5.91 Å². The predicted molar refractivity (Wildman–Crippen MR) is 261 cm³/mol. The number of esters is 1. The molecule has 4 aliphatic rings. The zero-order valence-electron chi connectivity index (χ0n) is 40.3. The number of aromatic nitrogens is 3. The van der Waals surface area contributed by atoms with Crippen LogP contribution in [0, 0.1) is 11.3 Å². The van der Waals surface area contributed by atoms with Gasteiger partial charge in [-0.15, -0.1) is 11.3 Å². The van der Waals surface area contributed by atoms with Crippen LogP contribution in [0.5, 0.6) is 0 Å².